The third-order valence-electron chi connectivity index (χ3n) is 13.8. The number of rotatable bonds is 20. The van der Waals surface area contributed by atoms with Crippen molar-refractivity contribution in [1.29, 1.82) is 0 Å². The minimum Gasteiger partial charge on any atom is -0.255 e. The average Bonchev–Trinajstić information content (AvgIpc) is 4.37. The number of aromatic nitrogens is 8. The van der Waals surface area contributed by atoms with E-state index in [1.54, 1.807) is 0 Å². The molecule has 13 heteroatoms. The number of benzene rings is 1. The van der Waals surface area contributed by atoms with Gasteiger partial charge in [-0.1, -0.05) is 88.8 Å². The third kappa shape index (κ3) is 11.0. The Morgan fingerprint density at radius 2 is 0.727 bits per heavy atom. The summed E-state index contributed by atoms with van der Waals surface area (Å²) in [6, 6.07) is 50.7. The van der Waals surface area contributed by atoms with Gasteiger partial charge in [0.05, 0.1) is 45.6 Å². The number of fused-ring (bicyclic) bond motifs is 1. The molecule has 0 saturated heterocycles. The van der Waals surface area contributed by atoms with E-state index in [0.717, 1.165) is 124 Å². The second-order valence-corrected chi connectivity index (χ2v) is 23.4. The first-order chi connectivity index (χ1) is 38.1. The van der Waals surface area contributed by atoms with Crippen molar-refractivity contribution in [2.45, 2.75) is 78.1 Å². The van der Waals surface area contributed by atoms with Crippen molar-refractivity contribution >= 4 is 56.4 Å². The normalized spacial score (nSPS) is 11.5. The number of unbranched alkanes of at least 4 members (excludes halogenated alkanes) is 6. The Bertz CT molecular complexity index is 3550. The van der Waals surface area contributed by atoms with E-state index in [-0.39, 0.29) is 0 Å². The molecule has 9 nitrogen and oxygen atoms in total. The van der Waals surface area contributed by atoms with Gasteiger partial charge in [-0.25, -0.2) is 14.6 Å². The standard InChI is InChI=1S/C64H54N8OS4/c1-3-5-7-9-19-41-39-59(76-63(41)57-29-27-55(74-57)43-35-51(47-21-11-15-31-65-47)69-52(36-43)48-22-12-16-32-66-48)45-25-26-46(62-61(45)71-73-72-62)60-40-42(20-10-8-6-4-2)64(77-60)58-30-28-56(75-58)44-37-53(49-23-13-17-33-67-49)70-54(38-44)50-24-14-18-34-68-50/h11-18,21-40H,3-10,19-20H2,1-2H3. The minimum absolute atomic E-state index is 0.781. The molecular formula is C64H54N8OS4. The first kappa shape index (κ1) is 50.2. The molecule has 12 aromatic rings. The van der Waals surface area contributed by atoms with Crippen LogP contribution in [0.25, 0.3) is 118 Å². The highest BCUT2D eigenvalue weighted by Gasteiger charge is 2.23. The molecule has 0 amide bonds. The number of nitrogens with zero attached hydrogens (tertiary/aromatic N) is 8. The van der Waals surface area contributed by atoms with Crippen LogP contribution in [0.1, 0.15) is 76.3 Å². The quantitative estimate of drug-likeness (QED) is 0.0688. The Kier molecular flexibility index (Phi) is 15.2. The average molecular weight is 1080 g/mol. The zero-order chi connectivity index (χ0) is 51.9. The summed E-state index contributed by atoms with van der Waals surface area (Å²) in [6.07, 6.45) is 18.8. The van der Waals surface area contributed by atoms with Crippen LogP contribution in [0.2, 0.25) is 0 Å². The zero-order valence-corrected chi connectivity index (χ0v) is 46.1. The maximum absolute atomic E-state index is 5.67. The minimum atomic E-state index is 0.781. The summed E-state index contributed by atoms with van der Waals surface area (Å²) in [7, 11) is 0. The van der Waals surface area contributed by atoms with Crippen molar-refractivity contribution in [3.05, 3.63) is 182 Å². The number of pyridine rings is 6. The molecule has 0 saturated carbocycles. The highest BCUT2D eigenvalue weighted by molar-refractivity contribution is 7.26. The molecular weight excluding hydrogens is 1030 g/mol. The van der Waals surface area contributed by atoms with Gasteiger partial charge in [0.25, 0.3) is 0 Å². The van der Waals surface area contributed by atoms with E-state index >= 15 is 0 Å². The van der Waals surface area contributed by atoms with Crippen LogP contribution in [-0.4, -0.2) is 40.2 Å². The lowest BCUT2D eigenvalue weighted by molar-refractivity contribution is 0.315. The molecule has 12 rings (SSSR count). The van der Waals surface area contributed by atoms with E-state index in [0.29, 0.717) is 0 Å². The van der Waals surface area contributed by atoms with Crippen molar-refractivity contribution in [2.24, 2.45) is 0 Å². The van der Waals surface area contributed by atoms with Gasteiger partial charge in [-0.3, -0.25) is 19.9 Å². The number of hydrogen-bond donors (Lipinski definition) is 0. The molecule has 0 bridgehead atoms. The van der Waals surface area contributed by atoms with Crippen LogP contribution in [0.5, 0.6) is 0 Å². The topological polar surface area (TPSA) is 116 Å². The number of hydrogen-bond acceptors (Lipinski definition) is 13. The summed E-state index contributed by atoms with van der Waals surface area (Å²) in [4.78, 5) is 38.4. The van der Waals surface area contributed by atoms with Crippen LogP contribution in [0, 0.1) is 0 Å². The summed E-state index contributed by atoms with van der Waals surface area (Å²) >= 11 is 7.31. The Labute approximate surface area is 464 Å². The summed E-state index contributed by atoms with van der Waals surface area (Å²) in [6.45, 7) is 4.54. The molecule has 0 fully saturated rings. The first-order valence-electron chi connectivity index (χ1n) is 26.5. The van der Waals surface area contributed by atoms with E-state index in [2.05, 4.69) is 117 Å². The predicted molar refractivity (Wildman–Crippen MR) is 320 cm³/mol. The molecule has 77 heavy (non-hydrogen) atoms. The Hall–Kier alpha value is -7.68. The number of aryl methyl sites for hydroxylation is 2. The lowest BCUT2D eigenvalue weighted by Crippen LogP contribution is -1.93. The Morgan fingerprint density at radius 3 is 1.08 bits per heavy atom. The smallest absolute Gasteiger partial charge is 0.144 e. The van der Waals surface area contributed by atoms with Gasteiger partial charge in [0.15, 0.2) is 0 Å². The van der Waals surface area contributed by atoms with Gasteiger partial charge in [0.1, 0.15) is 11.0 Å². The van der Waals surface area contributed by atoms with Crippen LogP contribution >= 0.6 is 45.3 Å². The second-order valence-electron chi connectivity index (χ2n) is 19.1. The fraction of sp³-hybridized carbons (Fsp3) is 0.188. The van der Waals surface area contributed by atoms with Gasteiger partial charge < -0.3 is 0 Å². The van der Waals surface area contributed by atoms with E-state index in [1.807, 2.05) is 143 Å². The van der Waals surface area contributed by atoms with E-state index in [4.69, 9.17) is 14.6 Å². The Morgan fingerprint density at radius 1 is 0.351 bits per heavy atom. The molecule has 0 aliphatic heterocycles. The molecule has 11 heterocycles. The van der Waals surface area contributed by atoms with Crippen LogP contribution in [0.3, 0.4) is 0 Å². The van der Waals surface area contributed by atoms with Crippen molar-refractivity contribution in [3.8, 4) is 107 Å². The van der Waals surface area contributed by atoms with E-state index < -0.39 is 0 Å². The number of thiophene rings is 4. The van der Waals surface area contributed by atoms with Crippen molar-refractivity contribution in [2.75, 3.05) is 0 Å². The van der Waals surface area contributed by atoms with Gasteiger partial charge in [0.2, 0.25) is 0 Å². The van der Waals surface area contributed by atoms with E-state index in [9.17, 15) is 0 Å². The molecule has 0 N–H and O–H groups in total. The molecule has 0 aliphatic carbocycles. The molecule has 0 radical (unpaired) electrons. The van der Waals surface area contributed by atoms with Gasteiger partial charge in [-0.2, -0.15) is 0 Å². The predicted octanol–water partition coefficient (Wildman–Crippen LogP) is 18.8. The second kappa shape index (κ2) is 23.3. The van der Waals surface area contributed by atoms with Crippen LogP contribution < -0.4 is 0 Å². The first-order valence-corrected chi connectivity index (χ1v) is 29.8. The van der Waals surface area contributed by atoms with Gasteiger partial charge in [-0.05, 0) is 167 Å². The molecule has 0 aliphatic rings. The maximum Gasteiger partial charge on any atom is 0.144 e. The van der Waals surface area contributed by atoms with Gasteiger partial charge in [-0.15, -0.1) is 45.3 Å². The summed E-state index contributed by atoms with van der Waals surface area (Å²) in [5.74, 6) is 0. The summed E-state index contributed by atoms with van der Waals surface area (Å²) in [5.41, 5.74) is 15.1. The van der Waals surface area contributed by atoms with Crippen LogP contribution in [0.4, 0.5) is 0 Å². The molecule has 0 spiro atoms. The van der Waals surface area contributed by atoms with Crippen molar-refractivity contribution in [3.63, 3.8) is 0 Å². The lowest BCUT2D eigenvalue weighted by atomic mass is 10.0. The third-order valence-corrected chi connectivity index (χ3v) is 18.8. The lowest BCUT2D eigenvalue weighted by Gasteiger charge is -2.08. The fourth-order valence-electron chi connectivity index (χ4n) is 9.82. The molecule has 0 unspecified atom stereocenters. The zero-order valence-electron chi connectivity index (χ0n) is 42.9. The summed E-state index contributed by atoms with van der Waals surface area (Å²) < 4.78 is 5.67. The molecule has 1 aromatic carbocycles. The maximum atomic E-state index is 5.67. The van der Waals surface area contributed by atoms with Crippen LogP contribution in [-0.2, 0) is 12.8 Å². The van der Waals surface area contributed by atoms with Gasteiger partial charge >= 0.3 is 0 Å². The molecule has 0 atom stereocenters. The highest BCUT2D eigenvalue weighted by Crippen LogP contribution is 2.49. The van der Waals surface area contributed by atoms with Gasteiger partial charge in [0, 0.05) is 74.9 Å². The fourth-order valence-corrected chi connectivity index (χ4v) is 14.6. The molecule has 380 valence electrons. The SMILES string of the molecule is CCCCCCc1cc(-c2ccc(-c3cc(CCCCCC)c(-c4ccc(-c5cc(-c6ccccn6)nc(-c6ccccn6)c5)s4)s3)c3nonc23)sc1-c1ccc(-c2cc(-c3ccccn3)nc(-c3ccccn3)c2)s1. The highest BCUT2D eigenvalue weighted by atomic mass is 32.1. The van der Waals surface area contributed by atoms with Crippen LogP contribution in [0.15, 0.2) is 175 Å². The van der Waals surface area contributed by atoms with E-state index in [1.165, 1.54) is 69.2 Å². The van der Waals surface area contributed by atoms with Crippen molar-refractivity contribution < 1.29 is 4.63 Å². The van der Waals surface area contributed by atoms with Crippen molar-refractivity contribution in [1.82, 2.24) is 40.2 Å². The Balaban J connectivity index is 0.892. The summed E-state index contributed by atoms with van der Waals surface area (Å²) in [5, 5.41) is 9.28. The molecule has 11 aromatic heterocycles. The monoisotopic (exact) mass is 1080 g/mol. The largest absolute Gasteiger partial charge is 0.255 e.